The molecule has 1 aliphatic rings. The topological polar surface area (TPSA) is 26.8 Å². The third-order valence-electron chi connectivity index (χ3n) is 4.68. The van der Waals surface area contributed by atoms with Crippen LogP contribution in [0.2, 0.25) is 0 Å². The number of rotatable bonds is 5. The monoisotopic (exact) mass is 317 g/mol. The van der Waals surface area contributed by atoms with Gasteiger partial charge in [-0.1, -0.05) is 17.7 Å². The number of hydrogen-bond acceptors (Lipinski definition) is 3. The van der Waals surface area contributed by atoms with Crippen molar-refractivity contribution in [2.75, 3.05) is 40.3 Å². The van der Waals surface area contributed by atoms with Gasteiger partial charge in [-0.15, -0.1) is 0 Å². The fourth-order valence-electron chi connectivity index (χ4n) is 3.49. The summed E-state index contributed by atoms with van der Waals surface area (Å²) >= 11 is 0. The fraction of sp³-hybridized carbons (Fsp3) is 0.632. The Morgan fingerprint density at radius 1 is 1.22 bits per heavy atom. The quantitative estimate of drug-likeness (QED) is 0.835. The second kappa shape index (κ2) is 7.93. The lowest BCUT2D eigenvalue weighted by Gasteiger charge is -2.44. The molecule has 0 spiro atoms. The summed E-state index contributed by atoms with van der Waals surface area (Å²) in [7, 11) is 4.23. The van der Waals surface area contributed by atoms with Crippen molar-refractivity contribution in [1.29, 1.82) is 0 Å². The Kier molecular flexibility index (Phi) is 6.19. The van der Waals surface area contributed by atoms with Gasteiger partial charge >= 0.3 is 0 Å². The molecule has 4 nitrogen and oxygen atoms in total. The van der Waals surface area contributed by atoms with E-state index in [4.69, 9.17) is 0 Å². The molecule has 0 saturated carbocycles. The second-order valence-electron chi connectivity index (χ2n) is 7.17. The van der Waals surface area contributed by atoms with E-state index in [0.29, 0.717) is 12.1 Å². The number of nitrogens with zero attached hydrogens (tertiary/aromatic N) is 3. The normalized spacial score (nSPS) is 22.6. The Bertz CT molecular complexity index is 517. The van der Waals surface area contributed by atoms with Crippen LogP contribution in [-0.2, 0) is 0 Å². The van der Waals surface area contributed by atoms with Gasteiger partial charge in [-0.3, -0.25) is 9.69 Å². The molecule has 1 fully saturated rings. The van der Waals surface area contributed by atoms with Crippen molar-refractivity contribution in [3.05, 3.63) is 35.4 Å². The molecule has 0 N–H and O–H groups in total. The van der Waals surface area contributed by atoms with Gasteiger partial charge in [-0.05, 0) is 60.0 Å². The Hall–Kier alpha value is -1.39. The largest absolute Gasteiger partial charge is 0.336 e. The highest BCUT2D eigenvalue weighted by Crippen LogP contribution is 2.18. The minimum Gasteiger partial charge on any atom is -0.336 e. The maximum Gasteiger partial charge on any atom is 0.253 e. The predicted molar refractivity (Wildman–Crippen MR) is 95.9 cm³/mol. The van der Waals surface area contributed by atoms with Crippen molar-refractivity contribution < 1.29 is 4.79 Å². The number of carbonyl (C=O) groups excluding carboxylic acids is 1. The van der Waals surface area contributed by atoms with Crippen LogP contribution in [0.25, 0.3) is 0 Å². The molecule has 0 aliphatic carbocycles. The van der Waals surface area contributed by atoms with E-state index in [1.54, 1.807) is 0 Å². The molecule has 128 valence electrons. The van der Waals surface area contributed by atoms with Crippen molar-refractivity contribution in [2.45, 2.75) is 39.3 Å². The summed E-state index contributed by atoms with van der Waals surface area (Å²) in [5.41, 5.74) is 1.95. The molecule has 1 aliphatic heterocycles. The lowest BCUT2D eigenvalue weighted by molar-refractivity contribution is 0.0295. The molecule has 4 heteroatoms. The van der Waals surface area contributed by atoms with Crippen LogP contribution in [0.15, 0.2) is 24.3 Å². The molecule has 2 rings (SSSR count). The smallest absolute Gasteiger partial charge is 0.253 e. The Morgan fingerprint density at radius 2 is 1.87 bits per heavy atom. The molecule has 0 radical (unpaired) electrons. The summed E-state index contributed by atoms with van der Waals surface area (Å²) in [5.74, 6) is 0.167. The molecule has 1 amide bonds. The van der Waals surface area contributed by atoms with Crippen LogP contribution < -0.4 is 0 Å². The summed E-state index contributed by atoms with van der Waals surface area (Å²) in [6, 6.07) is 8.73. The summed E-state index contributed by atoms with van der Waals surface area (Å²) in [6.45, 7) is 10.4. The summed E-state index contributed by atoms with van der Waals surface area (Å²) in [5, 5.41) is 0. The number of carbonyl (C=O) groups is 1. The highest BCUT2D eigenvalue weighted by Gasteiger charge is 2.31. The van der Waals surface area contributed by atoms with Crippen LogP contribution in [0.3, 0.4) is 0 Å². The van der Waals surface area contributed by atoms with Crippen LogP contribution in [-0.4, -0.2) is 73.0 Å². The maximum absolute atomic E-state index is 12.8. The molecule has 1 aromatic rings. The highest BCUT2D eigenvalue weighted by molar-refractivity contribution is 5.94. The summed E-state index contributed by atoms with van der Waals surface area (Å²) in [4.78, 5) is 19.5. The number of hydrogen-bond donors (Lipinski definition) is 0. The molecule has 23 heavy (non-hydrogen) atoms. The molecule has 1 aromatic carbocycles. The van der Waals surface area contributed by atoms with Gasteiger partial charge in [-0.25, -0.2) is 0 Å². The van der Waals surface area contributed by atoms with Crippen molar-refractivity contribution in [2.24, 2.45) is 0 Å². The average molecular weight is 317 g/mol. The van der Waals surface area contributed by atoms with E-state index in [9.17, 15) is 4.79 Å². The zero-order valence-corrected chi connectivity index (χ0v) is 15.2. The first-order valence-corrected chi connectivity index (χ1v) is 8.65. The zero-order chi connectivity index (χ0) is 17.0. The van der Waals surface area contributed by atoms with Gasteiger partial charge in [0.1, 0.15) is 0 Å². The SMILES string of the molecule is Cc1cccc(C(=O)N2CC(C)N(CCCN(C)C)C(C)C2)c1. The zero-order valence-electron chi connectivity index (χ0n) is 15.2. The van der Waals surface area contributed by atoms with Gasteiger partial charge in [0.05, 0.1) is 0 Å². The number of piperazine rings is 1. The molecule has 1 saturated heterocycles. The Labute approximate surface area is 141 Å². The minimum atomic E-state index is 0.167. The van der Waals surface area contributed by atoms with Crippen LogP contribution in [0, 0.1) is 6.92 Å². The molecule has 2 atom stereocenters. The van der Waals surface area contributed by atoms with Crippen LogP contribution in [0.5, 0.6) is 0 Å². The van der Waals surface area contributed by atoms with E-state index in [1.807, 2.05) is 36.1 Å². The number of amides is 1. The van der Waals surface area contributed by atoms with Crippen molar-refractivity contribution in [3.63, 3.8) is 0 Å². The second-order valence-corrected chi connectivity index (χ2v) is 7.17. The van der Waals surface area contributed by atoms with E-state index in [0.717, 1.165) is 37.3 Å². The third kappa shape index (κ3) is 4.79. The van der Waals surface area contributed by atoms with Gasteiger partial charge in [0.2, 0.25) is 0 Å². The van der Waals surface area contributed by atoms with Crippen molar-refractivity contribution in [1.82, 2.24) is 14.7 Å². The maximum atomic E-state index is 12.8. The number of benzene rings is 1. The first kappa shape index (κ1) is 18.0. The van der Waals surface area contributed by atoms with E-state index in [1.165, 1.54) is 6.42 Å². The van der Waals surface area contributed by atoms with Crippen LogP contribution >= 0.6 is 0 Å². The molecule has 0 aromatic heterocycles. The van der Waals surface area contributed by atoms with Crippen LogP contribution in [0.4, 0.5) is 0 Å². The van der Waals surface area contributed by atoms with E-state index in [-0.39, 0.29) is 5.91 Å². The van der Waals surface area contributed by atoms with Gasteiger partial charge in [-0.2, -0.15) is 0 Å². The summed E-state index contributed by atoms with van der Waals surface area (Å²) < 4.78 is 0. The Morgan fingerprint density at radius 3 is 2.43 bits per heavy atom. The van der Waals surface area contributed by atoms with E-state index in [2.05, 4.69) is 37.7 Å². The standard InChI is InChI=1S/C19H31N3O/c1-15-8-6-9-18(12-15)19(23)21-13-16(2)22(17(3)14-21)11-7-10-20(4)5/h6,8-9,12,16-17H,7,10-11,13-14H2,1-5H3. The van der Waals surface area contributed by atoms with Gasteiger partial charge in [0, 0.05) is 37.3 Å². The predicted octanol–water partition coefficient (Wildman–Crippen LogP) is 2.48. The first-order chi connectivity index (χ1) is 10.9. The lowest BCUT2D eigenvalue weighted by atomic mass is 10.0. The van der Waals surface area contributed by atoms with Gasteiger partial charge in [0.25, 0.3) is 5.91 Å². The molecule has 1 heterocycles. The summed E-state index contributed by atoms with van der Waals surface area (Å²) in [6.07, 6.45) is 1.17. The number of aryl methyl sites for hydroxylation is 1. The Balaban J connectivity index is 1.97. The van der Waals surface area contributed by atoms with Gasteiger partial charge in [0.15, 0.2) is 0 Å². The molecule has 0 bridgehead atoms. The molecule has 2 unspecified atom stereocenters. The fourth-order valence-corrected chi connectivity index (χ4v) is 3.49. The first-order valence-electron chi connectivity index (χ1n) is 8.65. The highest BCUT2D eigenvalue weighted by atomic mass is 16.2. The molecular formula is C19H31N3O. The van der Waals surface area contributed by atoms with Gasteiger partial charge < -0.3 is 9.80 Å². The van der Waals surface area contributed by atoms with E-state index < -0.39 is 0 Å². The molecular weight excluding hydrogens is 286 g/mol. The van der Waals surface area contributed by atoms with Crippen molar-refractivity contribution >= 4 is 5.91 Å². The third-order valence-corrected chi connectivity index (χ3v) is 4.68. The van der Waals surface area contributed by atoms with Crippen molar-refractivity contribution in [3.8, 4) is 0 Å². The van der Waals surface area contributed by atoms with Crippen LogP contribution in [0.1, 0.15) is 36.2 Å². The average Bonchev–Trinajstić information content (AvgIpc) is 2.48. The van der Waals surface area contributed by atoms with E-state index >= 15 is 0 Å². The lowest BCUT2D eigenvalue weighted by Crippen LogP contribution is -2.58. The minimum absolute atomic E-state index is 0.167.